The molecule has 6 heteroatoms. The molecule has 0 radical (unpaired) electrons. The summed E-state index contributed by atoms with van der Waals surface area (Å²) < 4.78 is 39.2. The van der Waals surface area contributed by atoms with Gasteiger partial charge >= 0.3 is 0 Å². The van der Waals surface area contributed by atoms with Crippen LogP contribution in [0.15, 0.2) is 29.2 Å². The highest BCUT2D eigenvalue weighted by Crippen LogP contribution is 2.21. The zero-order chi connectivity index (χ0) is 13.3. The summed E-state index contributed by atoms with van der Waals surface area (Å²) in [5.74, 6) is -0.435. The van der Waals surface area contributed by atoms with Crippen LogP contribution in [0.1, 0.15) is 13.8 Å². The van der Waals surface area contributed by atoms with Gasteiger partial charge < -0.3 is 5.32 Å². The van der Waals surface area contributed by atoms with Crippen molar-refractivity contribution in [3.05, 3.63) is 30.1 Å². The third kappa shape index (κ3) is 2.41. The van der Waals surface area contributed by atoms with Crippen molar-refractivity contribution in [3.8, 4) is 0 Å². The van der Waals surface area contributed by atoms with Crippen molar-refractivity contribution in [2.24, 2.45) is 0 Å². The van der Waals surface area contributed by atoms with E-state index >= 15 is 0 Å². The predicted molar refractivity (Wildman–Crippen MR) is 67.2 cm³/mol. The molecule has 1 heterocycles. The minimum absolute atomic E-state index is 0.106. The number of piperazine rings is 1. The molecule has 1 saturated heterocycles. The van der Waals surface area contributed by atoms with Gasteiger partial charge in [-0.05, 0) is 38.1 Å². The second-order valence-electron chi connectivity index (χ2n) is 4.55. The number of nitrogens with zero attached hydrogens (tertiary/aromatic N) is 1. The lowest BCUT2D eigenvalue weighted by Crippen LogP contribution is -2.57. The SMILES string of the molecule is CC1NCCN(S(=O)(=O)c2ccc(F)cc2)C1C. The first-order chi connectivity index (χ1) is 8.43. The van der Waals surface area contributed by atoms with Crippen LogP contribution in [-0.2, 0) is 10.0 Å². The summed E-state index contributed by atoms with van der Waals surface area (Å²) in [7, 11) is -3.53. The first kappa shape index (κ1) is 13.5. The van der Waals surface area contributed by atoms with E-state index in [1.807, 2.05) is 13.8 Å². The van der Waals surface area contributed by atoms with Gasteiger partial charge in [-0.3, -0.25) is 0 Å². The molecule has 0 amide bonds. The maximum atomic E-state index is 12.8. The molecular weight excluding hydrogens is 255 g/mol. The Labute approximate surface area is 107 Å². The van der Waals surface area contributed by atoms with Gasteiger partial charge in [-0.25, -0.2) is 12.8 Å². The molecule has 2 atom stereocenters. The van der Waals surface area contributed by atoms with Gasteiger partial charge in [-0.1, -0.05) is 0 Å². The van der Waals surface area contributed by atoms with E-state index in [1.54, 1.807) is 0 Å². The highest BCUT2D eigenvalue weighted by molar-refractivity contribution is 7.89. The van der Waals surface area contributed by atoms with E-state index < -0.39 is 15.8 Å². The third-order valence-electron chi connectivity index (χ3n) is 3.40. The van der Waals surface area contributed by atoms with Crippen LogP contribution in [0.5, 0.6) is 0 Å². The van der Waals surface area contributed by atoms with E-state index in [2.05, 4.69) is 5.32 Å². The summed E-state index contributed by atoms with van der Waals surface area (Å²) >= 11 is 0. The smallest absolute Gasteiger partial charge is 0.243 e. The summed E-state index contributed by atoms with van der Waals surface area (Å²) in [6.45, 7) is 4.89. The maximum Gasteiger partial charge on any atom is 0.243 e. The molecule has 0 aromatic heterocycles. The largest absolute Gasteiger partial charge is 0.311 e. The van der Waals surface area contributed by atoms with Gasteiger partial charge in [0.1, 0.15) is 5.82 Å². The van der Waals surface area contributed by atoms with Crippen LogP contribution in [0.2, 0.25) is 0 Å². The molecule has 0 aliphatic carbocycles. The predicted octanol–water partition coefficient (Wildman–Crippen LogP) is 1.20. The Balaban J connectivity index is 2.33. The summed E-state index contributed by atoms with van der Waals surface area (Å²) in [6.07, 6.45) is 0. The fraction of sp³-hybridized carbons (Fsp3) is 0.500. The van der Waals surface area contributed by atoms with Crippen LogP contribution < -0.4 is 5.32 Å². The molecule has 1 aliphatic heterocycles. The molecule has 100 valence electrons. The zero-order valence-corrected chi connectivity index (χ0v) is 11.2. The number of hydrogen-bond donors (Lipinski definition) is 1. The Kier molecular flexibility index (Phi) is 3.70. The number of benzene rings is 1. The molecule has 1 aliphatic rings. The second kappa shape index (κ2) is 4.95. The van der Waals surface area contributed by atoms with E-state index in [0.29, 0.717) is 13.1 Å². The monoisotopic (exact) mass is 272 g/mol. The molecule has 0 bridgehead atoms. The van der Waals surface area contributed by atoms with Crippen molar-refractivity contribution in [1.82, 2.24) is 9.62 Å². The topological polar surface area (TPSA) is 49.4 Å². The molecule has 1 aromatic carbocycles. The number of hydrogen-bond acceptors (Lipinski definition) is 3. The standard InChI is InChI=1S/C12H17FN2O2S/c1-9-10(2)15(8-7-14-9)18(16,17)12-5-3-11(13)4-6-12/h3-6,9-10,14H,7-8H2,1-2H3. The lowest BCUT2D eigenvalue weighted by atomic mass is 10.1. The molecular formula is C12H17FN2O2S. The maximum absolute atomic E-state index is 12.8. The van der Waals surface area contributed by atoms with E-state index in [-0.39, 0.29) is 17.0 Å². The van der Waals surface area contributed by atoms with Gasteiger partial charge in [-0.15, -0.1) is 0 Å². The van der Waals surface area contributed by atoms with Crippen molar-refractivity contribution >= 4 is 10.0 Å². The Bertz CT molecular complexity index is 515. The second-order valence-corrected chi connectivity index (χ2v) is 6.44. The molecule has 0 saturated carbocycles. The van der Waals surface area contributed by atoms with Gasteiger partial charge in [0.2, 0.25) is 10.0 Å². The molecule has 1 fully saturated rings. The van der Waals surface area contributed by atoms with E-state index in [0.717, 1.165) is 0 Å². The van der Waals surface area contributed by atoms with Crippen LogP contribution in [0.4, 0.5) is 4.39 Å². The molecule has 1 N–H and O–H groups in total. The van der Waals surface area contributed by atoms with Crippen molar-refractivity contribution < 1.29 is 12.8 Å². The lowest BCUT2D eigenvalue weighted by molar-refractivity contribution is 0.233. The molecule has 0 spiro atoms. The van der Waals surface area contributed by atoms with Crippen LogP contribution in [0.3, 0.4) is 0 Å². The molecule has 1 aromatic rings. The summed E-state index contributed by atoms with van der Waals surface area (Å²) in [5, 5.41) is 3.23. The van der Waals surface area contributed by atoms with Crippen LogP contribution in [-0.4, -0.2) is 37.9 Å². The van der Waals surface area contributed by atoms with Crippen LogP contribution in [0, 0.1) is 5.82 Å². The zero-order valence-electron chi connectivity index (χ0n) is 10.4. The third-order valence-corrected chi connectivity index (χ3v) is 5.40. The fourth-order valence-electron chi connectivity index (χ4n) is 2.11. The highest BCUT2D eigenvalue weighted by atomic mass is 32.2. The Hall–Kier alpha value is -0.980. The van der Waals surface area contributed by atoms with E-state index in [1.165, 1.54) is 28.6 Å². The summed E-state index contributed by atoms with van der Waals surface area (Å²) in [4.78, 5) is 0.143. The average molecular weight is 272 g/mol. The Morgan fingerprint density at radius 2 is 1.89 bits per heavy atom. The van der Waals surface area contributed by atoms with E-state index in [9.17, 15) is 12.8 Å². The van der Waals surface area contributed by atoms with Gasteiger partial charge in [-0.2, -0.15) is 4.31 Å². The average Bonchev–Trinajstić information content (AvgIpc) is 2.33. The number of nitrogens with one attached hydrogen (secondary N) is 1. The van der Waals surface area contributed by atoms with E-state index in [4.69, 9.17) is 0 Å². The molecule has 2 unspecified atom stereocenters. The Morgan fingerprint density at radius 1 is 1.28 bits per heavy atom. The summed E-state index contributed by atoms with van der Waals surface area (Å²) in [6, 6.07) is 4.95. The molecule has 2 rings (SSSR count). The van der Waals surface area contributed by atoms with Gasteiger partial charge in [0.25, 0.3) is 0 Å². The van der Waals surface area contributed by atoms with Crippen LogP contribution >= 0.6 is 0 Å². The van der Waals surface area contributed by atoms with Gasteiger partial charge in [0.05, 0.1) is 4.90 Å². The Morgan fingerprint density at radius 3 is 2.50 bits per heavy atom. The summed E-state index contributed by atoms with van der Waals surface area (Å²) in [5.41, 5.74) is 0. The first-order valence-corrected chi connectivity index (χ1v) is 7.38. The highest BCUT2D eigenvalue weighted by Gasteiger charge is 2.34. The number of halogens is 1. The quantitative estimate of drug-likeness (QED) is 0.880. The minimum atomic E-state index is -3.53. The number of sulfonamides is 1. The minimum Gasteiger partial charge on any atom is -0.311 e. The van der Waals surface area contributed by atoms with Crippen molar-refractivity contribution in [2.75, 3.05) is 13.1 Å². The molecule has 18 heavy (non-hydrogen) atoms. The van der Waals surface area contributed by atoms with Crippen molar-refractivity contribution in [2.45, 2.75) is 30.8 Å². The fourth-order valence-corrected chi connectivity index (χ4v) is 3.81. The lowest BCUT2D eigenvalue weighted by Gasteiger charge is -2.37. The molecule has 4 nitrogen and oxygen atoms in total. The number of rotatable bonds is 2. The normalized spacial score (nSPS) is 26.2. The van der Waals surface area contributed by atoms with Crippen molar-refractivity contribution in [3.63, 3.8) is 0 Å². The van der Waals surface area contributed by atoms with Crippen LogP contribution in [0.25, 0.3) is 0 Å². The van der Waals surface area contributed by atoms with Gasteiger partial charge in [0, 0.05) is 25.2 Å². The first-order valence-electron chi connectivity index (χ1n) is 5.94. The van der Waals surface area contributed by atoms with Crippen molar-refractivity contribution in [1.29, 1.82) is 0 Å². The van der Waals surface area contributed by atoms with Gasteiger partial charge in [0.15, 0.2) is 0 Å².